The lowest BCUT2D eigenvalue weighted by molar-refractivity contribution is -0.114. The maximum absolute atomic E-state index is 12.9. The zero-order chi connectivity index (χ0) is 14.1. The lowest BCUT2D eigenvalue weighted by Crippen LogP contribution is -2.11. The van der Waals surface area contributed by atoms with Gasteiger partial charge in [0, 0.05) is 11.6 Å². The second kappa shape index (κ2) is 5.30. The topological polar surface area (TPSA) is 53.8 Å². The highest BCUT2D eigenvalue weighted by atomic mass is 32.2. The number of aromatic nitrogens is 1. The summed E-state index contributed by atoms with van der Waals surface area (Å²) in [5, 5.41) is 10.7. The van der Waals surface area contributed by atoms with Crippen molar-refractivity contribution in [3.05, 3.63) is 57.1 Å². The number of nitrogens with zero attached hydrogens (tertiary/aromatic N) is 1. The minimum absolute atomic E-state index is 0.112. The van der Waals surface area contributed by atoms with E-state index in [0.29, 0.717) is 15.0 Å². The van der Waals surface area contributed by atoms with Crippen molar-refractivity contribution in [1.82, 2.24) is 4.98 Å². The van der Waals surface area contributed by atoms with Crippen LogP contribution in [-0.2, 0) is 4.79 Å². The van der Waals surface area contributed by atoms with Gasteiger partial charge in [0.2, 0.25) is 0 Å². The van der Waals surface area contributed by atoms with E-state index in [4.69, 9.17) is 5.41 Å². The monoisotopic (exact) mass is 304 g/mol. The van der Waals surface area contributed by atoms with E-state index in [-0.39, 0.29) is 11.6 Å². The molecule has 1 saturated heterocycles. The van der Waals surface area contributed by atoms with Crippen LogP contribution in [0.15, 0.2) is 40.7 Å². The van der Waals surface area contributed by atoms with Crippen molar-refractivity contribution in [2.45, 2.75) is 5.92 Å². The van der Waals surface area contributed by atoms with Gasteiger partial charge in [-0.1, -0.05) is 23.9 Å². The average molecular weight is 304 g/mol. The molecular weight excluding hydrogens is 295 g/mol. The van der Waals surface area contributed by atoms with Gasteiger partial charge in [0.25, 0.3) is 0 Å². The summed E-state index contributed by atoms with van der Waals surface area (Å²) >= 11 is 2.52. The first-order valence-electron chi connectivity index (χ1n) is 5.82. The number of Topliss-reactive ketones (excluding diaryl/α,β-unsaturated/α-hetero) is 1. The Morgan fingerprint density at radius 1 is 1.30 bits per heavy atom. The summed E-state index contributed by atoms with van der Waals surface area (Å²) in [4.78, 5) is 17.0. The molecule has 1 aromatic heterocycles. The number of ketones is 1. The summed E-state index contributed by atoms with van der Waals surface area (Å²) in [5.41, 5.74) is 0.745. The predicted molar refractivity (Wildman–Crippen MR) is 79.6 cm³/mol. The number of thiazole rings is 1. The third-order valence-electron chi connectivity index (χ3n) is 2.85. The summed E-state index contributed by atoms with van der Waals surface area (Å²) in [5.74, 6) is -1.00. The maximum Gasteiger partial charge on any atom is 0.186 e. The quantitative estimate of drug-likeness (QED) is 0.861. The Labute approximate surface area is 123 Å². The fourth-order valence-corrected chi connectivity index (χ4v) is 3.71. The fourth-order valence-electron chi connectivity index (χ4n) is 1.90. The van der Waals surface area contributed by atoms with Gasteiger partial charge in [-0.25, -0.2) is 9.37 Å². The first-order valence-corrected chi connectivity index (χ1v) is 7.52. The summed E-state index contributed by atoms with van der Waals surface area (Å²) in [6, 6.07) is 5.91. The van der Waals surface area contributed by atoms with Crippen molar-refractivity contribution in [2.24, 2.45) is 0 Å². The van der Waals surface area contributed by atoms with Crippen LogP contribution in [0.2, 0.25) is 0 Å². The summed E-state index contributed by atoms with van der Waals surface area (Å²) in [6.45, 7) is 0. The fraction of sp³-hybridized carbons (Fsp3) is 0.0714. The first kappa shape index (κ1) is 13.2. The number of halogens is 1. The summed E-state index contributed by atoms with van der Waals surface area (Å²) in [7, 11) is 0. The number of benzene rings is 1. The molecule has 0 aliphatic carbocycles. The molecule has 0 radical (unpaired) electrons. The van der Waals surface area contributed by atoms with E-state index in [1.807, 2.05) is 0 Å². The van der Waals surface area contributed by atoms with Gasteiger partial charge < -0.3 is 0 Å². The van der Waals surface area contributed by atoms with Crippen LogP contribution < -0.4 is 0 Å². The highest BCUT2D eigenvalue weighted by Gasteiger charge is 2.38. The van der Waals surface area contributed by atoms with Gasteiger partial charge in [0.05, 0.1) is 9.95 Å². The van der Waals surface area contributed by atoms with Crippen molar-refractivity contribution in [1.29, 1.82) is 5.41 Å². The molecular formula is C14H9FN2OS2. The van der Waals surface area contributed by atoms with Crippen molar-refractivity contribution in [2.75, 3.05) is 0 Å². The highest BCUT2D eigenvalue weighted by molar-refractivity contribution is 8.19. The Morgan fingerprint density at radius 2 is 2.05 bits per heavy atom. The number of hydrogen-bond acceptors (Lipinski definition) is 5. The van der Waals surface area contributed by atoms with Crippen molar-refractivity contribution < 1.29 is 9.18 Å². The van der Waals surface area contributed by atoms with E-state index in [0.717, 1.165) is 17.3 Å². The van der Waals surface area contributed by atoms with Crippen molar-refractivity contribution >= 4 is 40.0 Å². The van der Waals surface area contributed by atoms with Crippen LogP contribution in [0.4, 0.5) is 4.39 Å². The molecule has 1 unspecified atom stereocenters. The second-order valence-corrected chi connectivity index (χ2v) is 6.20. The zero-order valence-corrected chi connectivity index (χ0v) is 11.8. The predicted octanol–water partition coefficient (Wildman–Crippen LogP) is 3.70. The molecule has 100 valence electrons. The van der Waals surface area contributed by atoms with Gasteiger partial charge >= 0.3 is 0 Å². The maximum atomic E-state index is 12.9. The number of rotatable bonds is 2. The van der Waals surface area contributed by atoms with E-state index in [9.17, 15) is 9.18 Å². The molecule has 1 fully saturated rings. The number of nitrogens with one attached hydrogen (secondary N) is 1. The number of allylic oxidation sites excluding steroid dienone is 1. The second-order valence-electron chi connectivity index (χ2n) is 4.19. The molecule has 3 rings (SSSR count). The Hall–Kier alpha value is -1.79. The van der Waals surface area contributed by atoms with Crippen LogP contribution in [0.25, 0.3) is 6.08 Å². The number of carbonyl (C=O) groups excluding carboxylic acids is 1. The van der Waals surface area contributed by atoms with Gasteiger partial charge in [0.15, 0.2) is 5.78 Å². The Kier molecular flexibility index (Phi) is 3.50. The van der Waals surface area contributed by atoms with E-state index in [2.05, 4.69) is 4.98 Å². The molecule has 1 N–H and O–H groups in total. The smallest absolute Gasteiger partial charge is 0.186 e. The molecule has 1 aromatic carbocycles. The molecule has 2 heterocycles. The largest absolute Gasteiger partial charge is 0.297 e. The van der Waals surface area contributed by atoms with Crippen LogP contribution in [0.5, 0.6) is 0 Å². The number of hydrogen-bond donors (Lipinski definition) is 1. The molecule has 1 atom stereocenters. The van der Waals surface area contributed by atoms with Gasteiger partial charge in [-0.2, -0.15) is 0 Å². The molecule has 0 bridgehead atoms. The molecule has 0 spiro atoms. The standard InChI is InChI=1S/C14H9FN2OS2/c15-9-3-1-8(2-4-9)7-10-12(18)11(13(16)20-10)14-17-5-6-19-14/h1-7,11,16H. The van der Waals surface area contributed by atoms with Crippen molar-refractivity contribution in [3.63, 3.8) is 0 Å². The molecule has 1 aliphatic heterocycles. The Morgan fingerprint density at radius 3 is 2.70 bits per heavy atom. The van der Waals surface area contributed by atoms with Crippen LogP contribution in [0.1, 0.15) is 16.5 Å². The van der Waals surface area contributed by atoms with E-state index < -0.39 is 5.92 Å². The number of carbonyl (C=O) groups is 1. The molecule has 6 heteroatoms. The van der Waals surface area contributed by atoms with E-state index in [1.54, 1.807) is 29.8 Å². The molecule has 3 nitrogen and oxygen atoms in total. The highest BCUT2D eigenvalue weighted by Crippen LogP contribution is 2.41. The Bertz CT molecular complexity index is 692. The van der Waals surface area contributed by atoms with Crippen LogP contribution in [0.3, 0.4) is 0 Å². The van der Waals surface area contributed by atoms with E-state index in [1.165, 1.54) is 23.5 Å². The van der Waals surface area contributed by atoms with Gasteiger partial charge in [-0.3, -0.25) is 10.2 Å². The van der Waals surface area contributed by atoms with Crippen LogP contribution in [0, 0.1) is 11.2 Å². The molecule has 20 heavy (non-hydrogen) atoms. The van der Waals surface area contributed by atoms with Crippen LogP contribution >= 0.6 is 23.1 Å². The van der Waals surface area contributed by atoms with Gasteiger partial charge in [-0.15, -0.1) is 11.3 Å². The SMILES string of the molecule is N=C1SC(=Cc2ccc(F)cc2)C(=O)C1c1nccs1. The average Bonchev–Trinajstić information content (AvgIpc) is 3.02. The summed E-state index contributed by atoms with van der Waals surface area (Å²) < 4.78 is 12.9. The lowest BCUT2D eigenvalue weighted by Gasteiger charge is -2.01. The molecule has 1 aliphatic rings. The third kappa shape index (κ3) is 2.44. The van der Waals surface area contributed by atoms with E-state index >= 15 is 0 Å². The zero-order valence-electron chi connectivity index (χ0n) is 10.2. The first-order chi connectivity index (χ1) is 9.65. The summed E-state index contributed by atoms with van der Waals surface area (Å²) in [6.07, 6.45) is 3.32. The lowest BCUT2D eigenvalue weighted by atomic mass is 10.1. The van der Waals surface area contributed by atoms with Gasteiger partial charge in [0.1, 0.15) is 16.7 Å². The normalized spacial score (nSPS) is 20.9. The third-order valence-corrected chi connectivity index (χ3v) is 4.69. The van der Waals surface area contributed by atoms with Crippen LogP contribution in [-0.4, -0.2) is 15.8 Å². The molecule has 0 amide bonds. The van der Waals surface area contributed by atoms with Crippen molar-refractivity contribution in [3.8, 4) is 0 Å². The molecule has 2 aromatic rings. The minimum Gasteiger partial charge on any atom is -0.297 e. The van der Waals surface area contributed by atoms with Gasteiger partial charge in [-0.05, 0) is 23.8 Å². The molecule has 0 saturated carbocycles. The minimum atomic E-state index is -0.577. The number of thioether (sulfide) groups is 1. The Balaban J connectivity index is 1.91.